The Hall–Kier alpha value is -5.22. The van der Waals surface area contributed by atoms with E-state index >= 15 is 0 Å². The molecule has 6 aromatic rings. The molecule has 0 unspecified atom stereocenters. The first-order valence-corrected chi connectivity index (χ1v) is 12.9. The molecule has 3 heterocycles. The number of allylic oxidation sites excluding steroid dienone is 2. The molecule has 180 valence electrons. The van der Waals surface area contributed by atoms with Crippen molar-refractivity contribution in [2.24, 2.45) is 0 Å². The van der Waals surface area contributed by atoms with Crippen molar-refractivity contribution in [2.75, 3.05) is 10.0 Å². The second kappa shape index (κ2) is 8.15. The number of benzene rings is 5. The third-order valence-corrected chi connectivity index (χ3v) is 7.45. The molecule has 5 aromatic carbocycles. The molecule has 0 atom stereocenters. The summed E-state index contributed by atoms with van der Waals surface area (Å²) in [6.45, 7) is 0. The maximum Gasteiger partial charge on any atom is 0.0923 e. The summed E-state index contributed by atoms with van der Waals surface area (Å²) in [4.78, 5) is 0. The van der Waals surface area contributed by atoms with Gasteiger partial charge in [-0.1, -0.05) is 78.9 Å². The van der Waals surface area contributed by atoms with Crippen LogP contribution in [0.15, 0.2) is 146 Å². The Morgan fingerprint density at radius 1 is 0.447 bits per heavy atom. The van der Waals surface area contributed by atoms with E-state index in [1.165, 1.54) is 32.9 Å². The number of anilines is 3. The molecule has 0 radical (unpaired) electrons. The van der Waals surface area contributed by atoms with Crippen LogP contribution in [0.2, 0.25) is 0 Å². The number of rotatable bonds is 3. The molecule has 0 bridgehead atoms. The van der Waals surface area contributed by atoms with Crippen LogP contribution < -0.4 is 10.0 Å². The van der Waals surface area contributed by atoms with E-state index < -0.39 is 0 Å². The van der Waals surface area contributed by atoms with Gasteiger partial charge >= 0.3 is 0 Å². The zero-order valence-corrected chi connectivity index (χ0v) is 20.6. The Morgan fingerprint density at radius 2 is 1.13 bits per heavy atom. The van der Waals surface area contributed by atoms with Gasteiger partial charge in [-0.25, -0.2) is 10.0 Å². The first-order chi connectivity index (χ1) is 18.9. The number of fused-ring (bicyclic) bond motifs is 6. The summed E-state index contributed by atoms with van der Waals surface area (Å²) < 4.78 is 2.37. The second-order valence-electron chi connectivity index (χ2n) is 9.62. The maximum absolute atomic E-state index is 2.37. The Labute approximate surface area is 221 Å². The van der Waals surface area contributed by atoms with E-state index in [0.717, 1.165) is 22.7 Å². The van der Waals surface area contributed by atoms with Gasteiger partial charge in [0.05, 0.1) is 28.1 Å². The summed E-state index contributed by atoms with van der Waals surface area (Å²) in [5, 5.41) is 9.19. The summed E-state index contributed by atoms with van der Waals surface area (Å²) in [5.41, 5.74) is 9.35. The highest BCUT2D eigenvalue weighted by Crippen LogP contribution is 2.46. The zero-order valence-electron chi connectivity index (χ0n) is 20.6. The molecule has 0 fully saturated rings. The molecule has 38 heavy (non-hydrogen) atoms. The van der Waals surface area contributed by atoms with E-state index in [0.29, 0.717) is 0 Å². The van der Waals surface area contributed by atoms with Crippen molar-refractivity contribution in [2.45, 2.75) is 0 Å². The molecule has 0 aliphatic carbocycles. The fourth-order valence-electron chi connectivity index (χ4n) is 5.78. The molecule has 1 aromatic heterocycles. The van der Waals surface area contributed by atoms with Gasteiger partial charge in [0.1, 0.15) is 0 Å². The van der Waals surface area contributed by atoms with Crippen LogP contribution in [0.1, 0.15) is 0 Å². The molecule has 0 amide bonds. The molecule has 0 saturated heterocycles. The first kappa shape index (κ1) is 20.9. The van der Waals surface area contributed by atoms with Crippen LogP contribution in [0, 0.1) is 0 Å². The number of hydrogen-bond acceptors (Lipinski definition) is 3. The van der Waals surface area contributed by atoms with Crippen LogP contribution in [-0.4, -0.2) is 9.69 Å². The molecule has 4 nitrogen and oxygen atoms in total. The van der Waals surface area contributed by atoms with E-state index in [2.05, 4.69) is 166 Å². The third-order valence-electron chi connectivity index (χ3n) is 7.45. The second-order valence-corrected chi connectivity index (χ2v) is 9.62. The number of hydrogen-bond donors (Lipinski definition) is 0. The standard InChI is InChI=1S/C34H24N4/c1-2-11-25(12-3-1)26-13-10-14-28(23-26)38-33-20-19-27(24-34(33)35-21-8-9-22-36(35)38)37-31-17-6-4-15-29(31)30-16-5-7-18-32(30)37/h1-24H. The van der Waals surface area contributed by atoms with Gasteiger partial charge in [-0.15, -0.1) is 0 Å². The van der Waals surface area contributed by atoms with Crippen LogP contribution >= 0.6 is 0 Å². The highest BCUT2D eigenvalue weighted by atomic mass is 15.9. The monoisotopic (exact) mass is 488 g/mol. The molecule has 0 N–H and O–H groups in total. The van der Waals surface area contributed by atoms with Gasteiger partial charge in [0, 0.05) is 28.9 Å². The minimum atomic E-state index is 1.11. The highest BCUT2D eigenvalue weighted by molar-refractivity contribution is 6.09. The lowest BCUT2D eigenvalue weighted by Gasteiger charge is -2.34. The average molecular weight is 489 g/mol. The van der Waals surface area contributed by atoms with Gasteiger partial charge in [-0.2, -0.15) is 5.12 Å². The van der Waals surface area contributed by atoms with Crippen LogP contribution in [0.25, 0.3) is 38.6 Å². The van der Waals surface area contributed by atoms with E-state index in [4.69, 9.17) is 0 Å². The molecule has 4 heteroatoms. The summed E-state index contributed by atoms with van der Waals surface area (Å²) >= 11 is 0. The van der Waals surface area contributed by atoms with Crippen molar-refractivity contribution in [1.82, 2.24) is 9.69 Å². The number of hydrazine groups is 2. The molecular weight excluding hydrogens is 464 g/mol. The fraction of sp³-hybridized carbons (Fsp3) is 0. The van der Waals surface area contributed by atoms with Gasteiger partial charge in [0.15, 0.2) is 0 Å². The number of aromatic nitrogens is 1. The molecule has 2 aliphatic rings. The van der Waals surface area contributed by atoms with Crippen LogP contribution in [-0.2, 0) is 0 Å². The van der Waals surface area contributed by atoms with E-state index in [9.17, 15) is 0 Å². The first-order valence-electron chi connectivity index (χ1n) is 12.9. The van der Waals surface area contributed by atoms with Crippen molar-refractivity contribution in [3.05, 3.63) is 146 Å². The van der Waals surface area contributed by atoms with Crippen LogP contribution in [0.3, 0.4) is 0 Å². The maximum atomic E-state index is 2.37. The lowest BCUT2D eigenvalue weighted by molar-refractivity contribution is 0.408. The summed E-state index contributed by atoms with van der Waals surface area (Å²) in [6, 6.07) is 43.4. The number of para-hydroxylation sites is 2. The lowest BCUT2D eigenvalue weighted by Crippen LogP contribution is -2.40. The highest BCUT2D eigenvalue weighted by Gasteiger charge is 2.34. The topological polar surface area (TPSA) is 14.7 Å². The number of nitrogens with zero attached hydrogens (tertiary/aromatic N) is 4. The lowest BCUT2D eigenvalue weighted by atomic mass is 10.1. The smallest absolute Gasteiger partial charge is 0.0923 e. The van der Waals surface area contributed by atoms with Gasteiger partial charge in [0.2, 0.25) is 0 Å². The summed E-state index contributed by atoms with van der Waals surface area (Å²) in [5.74, 6) is 0. The molecule has 0 saturated carbocycles. The molecule has 2 aliphatic heterocycles. The summed E-state index contributed by atoms with van der Waals surface area (Å²) in [6.07, 6.45) is 8.38. The minimum Gasteiger partial charge on any atom is -0.309 e. The normalized spacial score (nSPS) is 13.9. The van der Waals surface area contributed by atoms with Crippen molar-refractivity contribution in [1.29, 1.82) is 0 Å². The van der Waals surface area contributed by atoms with E-state index in [1.54, 1.807) is 0 Å². The van der Waals surface area contributed by atoms with Crippen molar-refractivity contribution >= 4 is 38.9 Å². The average Bonchev–Trinajstić information content (AvgIpc) is 3.50. The molecular formula is C34H24N4. The Kier molecular flexibility index (Phi) is 4.49. The molecule has 8 rings (SSSR count). The summed E-state index contributed by atoms with van der Waals surface area (Å²) in [7, 11) is 0. The third kappa shape index (κ3) is 3.04. The van der Waals surface area contributed by atoms with Gasteiger partial charge in [-0.3, -0.25) is 0 Å². The van der Waals surface area contributed by atoms with E-state index in [-0.39, 0.29) is 0 Å². The van der Waals surface area contributed by atoms with Crippen molar-refractivity contribution < 1.29 is 0 Å². The largest absolute Gasteiger partial charge is 0.309 e. The minimum absolute atomic E-state index is 1.11. The van der Waals surface area contributed by atoms with Gasteiger partial charge in [-0.05, 0) is 65.7 Å². The SMILES string of the molecule is C1=CN2c3cc(-n4c5ccccc5c5ccccc54)ccc3N(c3cccc(-c4ccccc4)c3)N2C=C1. The Bertz CT molecular complexity index is 1840. The quantitative estimate of drug-likeness (QED) is 0.248. The molecule has 0 spiro atoms. The van der Waals surface area contributed by atoms with Crippen LogP contribution in [0.5, 0.6) is 0 Å². The van der Waals surface area contributed by atoms with Gasteiger partial charge in [0.25, 0.3) is 0 Å². The Balaban J connectivity index is 1.30. The fourth-order valence-corrected chi connectivity index (χ4v) is 5.78. The van der Waals surface area contributed by atoms with Crippen molar-refractivity contribution in [3.63, 3.8) is 0 Å². The predicted octanol–water partition coefficient (Wildman–Crippen LogP) is 8.58. The predicted molar refractivity (Wildman–Crippen MR) is 157 cm³/mol. The van der Waals surface area contributed by atoms with E-state index in [1.807, 2.05) is 0 Å². The zero-order chi connectivity index (χ0) is 25.1. The van der Waals surface area contributed by atoms with Crippen LogP contribution in [0.4, 0.5) is 17.1 Å². The van der Waals surface area contributed by atoms with Crippen molar-refractivity contribution in [3.8, 4) is 16.8 Å². The Morgan fingerprint density at radius 3 is 1.92 bits per heavy atom. The van der Waals surface area contributed by atoms with Gasteiger partial charge < -0.3 is 4.57 Å².